The van der Waals surface area contributed by atoms with Gasteiger partial charge in [-0.05, 0) is 70.4 Å². The summed E-state index contributed by atoms with van der Waals surface area (Å²) in [5.74, 6) is -1.41. The third-order valence-electron chi connectivity index (χ3n) is 6.86. The number of carbonyl (C=O) groups is 3. The van der Waals surface area contributed by atoms with Crippen molar-refractivity contribution in [2.75, 3.05) is 19.7 Å². The van der Waals surface area contributed by atoms with Gasteiger partial charge >= 0.3 is 5.97 Å². The summed E-state index contributed by atoms with van der Waals surface area (Å²) >= 11 is 3.35. The number of hydrogen-bond donors (Lipinski definition) is 3. The molecule has 8 nitrogen and oxygen atoms in total. The highest BCUT2D eigenvalue weighted by molar-refractivity contribution is 9.10. The molecule has 0 saturated carbocycles. The second kappa shape index (κ2) is 12.5. The van der Waals surface area contributed by atoms with Crippen molar-refractivity contribution in [3.05, 3.63) is 69.5 Å². The van der Waals surface area contributed by atoms with E-state index in [9.17, 15) is 23.9 Å². The Hall–Kier alpha value is -3.24. The van der Waals surface area contributed by atoms with Crippen molar-refractivity contribution in [2.45, 2.75) is 50.6 Å². The van der Waals surface area contributed by atoms with Gasteiger partial charge in [0.15, 0.2) is 0 Å². The molecule has 1 fully saturated rings. The Balaban J connectivity index is 1.38. The van der Waals surface area contributed by atoms with Gasteiger partial charge in [-0.25, -0.2) is 9.18 Å². The van der Waals surface area contributed by atoms with Crippen LogP contribution >= 0.6 is 15.9 Å². The Morgan fingerprint density at radius 3 is 2.58 bits per heavy atom. The van der Waals surface area contributed by atoms with E-state index in [0.717, 1.165) is 29.5 Å². The van der Waals surface area contributed by atoms with Crippen molar-refractivity contribution in [1.82, 2.24) is 10.2 Å². The maximum absolute atomic E-state index is 13.4. The molecule has 4 N–H and O–H groups in total. The fraction of sp³-hybridized carbons (Fsp3) is 0.393. The summed E-state index contributed by atoms with van der Waals surface area (Å²) in [6, 6.07) is 11.7. The summed E-state index contributed by atoms with van der Waals surface area (Å²) in [5, 5.41) is 13.4. The number of aryl methyl sites for hydroxylation is 1. The topological polar surface area (TPSA) is 122 Å². The summed E-state index contributed by atoms with van der Waals surface area (Å²) in [6.07, 6.45) is 2.76. The largest absolute Gasteiger partial charge is 0.492 e. The van der Waals surface area contributed by atoms with Gasteiger partial charge in [0.05, 0.1) is 22.7 Å². The molecule has 0 unspecified atom stereocenters. The number of ether oxygens (including phenoxy) is 1. The third kappa shape index (κ3) is 6.99. The molecule has 0 spiro atoms. The molecule has 1 saturated heterocycles. The number of nitrogens with two attached hydrogens (primary N) is 1. The Morgan fingerprint density at radius 2 is 1.87 bits per heavy atom. The number of rotatable bonds is 11. The lowest BCUT2D eigenvalue weighted by Crippen LogP contribution is -2.61. The van der Waals surface area contributed by atoms with Gasteiger partial charge in [-0.3, -0.25) is 9.59 Å². The van der Waals surface area contributed by atoms with Crippen molar-refractivity contribution >= 4 is 39.3 Å². The number of primary amides is 1. The first-order valence-electron chi connectivity index (χ1n) is 12.7. The second-order valence-corrected chi connectivity index (χ2v) is 10.5. The summed E-state index contributed by atoms with van der Waals surface area (Å²) in [6.45, 7) is 1.20. The number of carboxylic acids is 1. The second-order valence-electron chi connectivity index (χ2n) is 9.66. The van der Waals surface area contributed by atoms with Crippen LogP contribution in [0.15, 0.2) is 52.5 Å². The van der Waals surface area contributed by atoms with Crippen LogP contribution in [0.4, 0.5) is 4.39 Å². The van der Waals surface area contributed by atoms with E-state index < -0.39 is 17.9 Å². The molecule has 0 aromatic heterocycles. The molecule has 0 aliphatic carbocycles. The van der Waals surface area contributed by atoms with E-state index >= 15 is 0 Å². The highest BCUT2D eigenvalue weighted by Crippen LogP contribution is 2.33. The Morgan fingerprint density at radius 1 is 1.11 bits per heavy atom. The van der Waals surface area contributed by atoms with Crippen LogP contribution in [0.25, 0.3) is 5.57 Å². The van der Waals surface area contributed by atoms with Crippen LogP contribution < -0.4 is 15.8 Å². The molecule has 2 aromatic carbocycles. The minimum absolute atomic E-state index is 0.0501. The van der Waals surface area contributed by atoms with Gasteiger partial charge < -0.3 is 25.8 Å². The predicted octanol–water partition coefficient (Wildman–Crippen LogP) is 3.67. The lowest BCUT2D eigenvalue weighted by molar-refractivity contribution is -0.136. The van der Waals surface area contributed by atoms with E-state index in [-0.39, 0.29) is 42.7 Å². The third-order valence-corrected chi connectivity index (χ3v) is 7.52. The molecule has 2 aliphatic heterocycles. The summed E-state index contributed by atoms with van der Waals surface area (Å²) in [5.41, 5.74) is 8.20. The van der Waals surface area contributed by atoms with Gasteiger partial charge in [0.1, 0.15) is 11.6 Å². The van der Waals surface area contributed by atoms with Gasteiger partial charge in [0.2, 0.25) is 11.8 Å². The van der Waals surface area contributed by atoms with Crippen LogP contribution in [0.3, 0.4) is 0 Å². The number of nitrogens with one attached hydrogen (secondary N) is 1. The van der Waals surface area contributed by atoms with Crippen LogP contribution in [0.2, 0.25) is 0 Å². The highest BCUT2D eigenvalue weighted by atomic mass is 79.9. The molecule has 38 heavy (non-hydrogen) atoms. The normalized spacial score (nSPS) is 18.8. The SMILES string of the molecule is NC(=O)CCCC(=O)N1C[C@H]2CC(c3ccc(CCCOc4cc(F)ccc4Br)cc3)=C(C(=O)O)[C@@H](C1)N2. The van der Waals surface area contributed by atoms with Crippen molar-refractivity contribution < 1.29 is 28.6 Å². The summed E-state index contributed by atoms with van der Waals surface area (Å²) < 4.78 is 19.8. The van der Waals surface area contributed by atoms with Gasteiger partial charge in [-0.1, -0.05) is 24.3 Å². The maximum Gasteiger partial charge on any atom is 0.333 e. The summed E-state index contributed by atoms with van der Waals surface area (Å²) in [7, 11) is 0. The smallest absolute Gasteiger partial charge is 0.333 e. The van der Waals surface area contributed by atoms with E-state index in [4.69, 9.17) is 10.5 Å². The molecule has 202 valence electrons. The number of fused-ring (bicyclic) bond motifs is 2. The quantitative estimate of drug-likeness (QED) is 0.345. The number of amides is 2. The van der Waals surface area contributed by atoms with E-state index in [1.807, 2.05) is 24.3 Å². The van der Waals surface area contributed by atoms with E-state index in [0.29, 0.717) is 36.2 Å². The number of aliphatic carboxylic acids is 1. The van der Waals surface area contributed by atoms with Gasteiger partial charge in [0.25, 0.3) is 0 Å². The number of carboxylic acid groups (broad SMARTS) is 1. The molecule has 2 bridgehead atoms. The first-order valence-corrected chi connectivity index (χ1v) is 13.5. The minimum atomic E-state index is -0.997. The van der Waals surface area contributed by atoms with Crippen LogP contribution in [-0.2, 0) is 20.8 Å². The van der Waals surface area contributed by atoms with Crippen molar-refractivity contribution in [3.8, 4) is 5.75 Å². The average Bonchev–Trinajstić information content (AvgIpc) is 2.87. The lowest BCUT2D eigenvalue weighted by atomic mass is 9.83. The Kier molecular flexibility index (Phi) is 9.17. The molecule has 4 rings (SSSR count). The molecular weight excluding hydrogens is 557 g/mol. The van der Waals surface area contributed by atoms with E-state index in [1.165, 1.54) is 12.1 Å². The van der Waals surface area contributed by atoms with Crippen LogP contribution in [-0.4, -0.2) is 59.6 Å². The van der Waals surface area contributed by atoms with Gasteiger partial charge in [0, 0.05) is 38.0 Å². The van der Waals surface area contributed by atoms with Crippen LogP contribution in [0.5, 0.6) is 5.75 Å². The molecule has 2 heterocycles. The number of benzene rings is 2. The average molecular weight is 588 g/mol. The first-order chi connectivity index (χ1) is 18.2. The fourth-order valence-electron chi connectivity index (χ4n) is 5.06. The molecule has 10 heteroatoms. The van der Waals surface area contributed by atoms with Gasteiger partial charge in [-0.2, -0.15) is 0 Å². The number of piperazine rings is 1. The van der Waals surface area contributed by atoms with Crippen LogP contribution in [0.1, 0.15) is 43.2 Å². The Bertz CT molecular complexity index is 1230. The number of halogens is 2. The molecule has 2 aliphatic rings. The fourth-order valence-corrected chi connectivity index (χ4v) is 5.42. The van der Waals surface area contributed by atoms with E-state index in [1.54, 1.807) is 11.0 Å². The van der Waals surface area contributed by atoms with Crippen molar-refractivity contribution in [2.24, 2.45) is 5.73 Å². The minimum Gasteiger partial charge on any atom is -0.492 e. The Labute approximate surface area is 229 Å². The summed E-state index contributed by atoms with van der Waals surface area (Å²) in [4.78, 5) is 37.6. The lowest BCUT2D eigenvalue weighted by Gasteiger charge is -2.43. The molecular formula is C28H31BrFN3O5. The standard InChI is InChI=1S/C28H31BrFN3O5/c29-22-11-10-19(30)13-24(22)38-12-2-3-17-6-8-18(9-7-17)21-14-20-15-33(26(35)5-1-4-25(31)34)16-23(32-20)27(21)28(36)37/h6-11,13,20,23,32H,1-5,12,14-16H2,(H2,31,34)(H,36,37)/t20-,23-/m1/s1. The zero-order chi connectivity index (χ0) is 27.2. The predicted molar refractivity (Wildman–Crippen MR) is 144 cm³/mol. The van der Waals surface area contributed by atoms with Crippen molar-refractivity contribution in [1.29, 1.82) is 0 Å². The van der Waals surface area contributed by atoms with E-state index in [2.05, 4.69) is 21.2 Å². The number of nitrogens with zero attached hydrogens (tertiary/aromatic N) is 1. The molecule has 0 radical (unpaired) electrons. The molecule has 2 amide bonds. The first kappa shape index (κ1) is 27.8. The number of hydrogen-bond acceptors (Lipinski definition) is 5. The molecule has 2 aromatic rings. The van der Waals surface area contributed by atoms with Crippen LogP contribution in [0, 0.1) is 5.82 Å². The van der Waals surface area contributed by atoms with Crippen molar-refractivity contribution in [3.63, 3.8) is 0 Å². The zero-order valence-corrected chi connectivity index (χ0v) is 22.5. The number of carbonyl (C=O) groups excluding carboxylic acids is 2. The maximum atomic E-state index is 13.4. The monoisotopic (exact) mass is 587 g/mol. The van der Waals surface area contributed by atoms with Gasteiger partial charge in [-0.15, -0.1) is 0 Å². The molecule has 2 atom stereocenters. The zero-order valence-electron chi connectivity index (χ0n) is 20.9. The highest BCUT2D eigenvalue weighted by Gasteiger charge is 2.39.